The number of halogens is 2. The van der Waals surface area contributed by atoms with Crippen LogP contribution in [0.25, 0.3) is 11.5 Å². The van der Waals surface area contributed by atoms with Crippen LogP contribution in [0.3, 0.4) is 0 Å². The fraction of sp³-hybridized carbons (Fsp3) is 0.250. The molecule has 0 aliphatic carbocycles. The Bertz CT molecular complexity index is 1110. The summed E-state index contributed by atoms with van der Waals surface area (Å²) in [7, 11) is -1.88. The van der Waals surface area contributed by atoms with Crippen LogP contribution in [0.4, 0.5) is 10.3 Å². The molecule has 9 heteroatoms. The summed E-state index contributed by atoms with van der Waals surface area (Å²) in [4.78, 5) is 8.52. The quantitative estimate of drug-likeness (QED) is 0.566. The zero-order valence-electron chi connectivity index (χ0n) is 15.7. The van der Waals surface area contributed by atoms with Crippen molar-refractivity contribution in [3.63, 3.8) is 0 Å². The summed E-state index contributed by atoms with van der Waals surface area (Å²) in [5.74, 6) is -0.0164. The lowest BCUT2D eigenvalue weighted by atomic mass is 10.2. The molecule has 1 aliphatic rings. The van der Waals surface area contributed by atoms with E-state index < -0.39 is 9.84 Å². The lowest BCUT2D eigenvalue weighted by molar-refractivity contribution is 0.305. The second kappa shape index (κ2) is 7.89. The van der Waals surface area contributed by atoms with Gasteiger partial charge in [-0.2, -0.15) is 4.98 Å². The zero-order valence-corrected chi connectivity index (χ0v) is 18.1. The van der Waals surface area contributed by atoms with E-state index in [0.717, 1.165) is 17.6 Å². The molecule has 0 saturated carbocycles. The van der Waals surface area contributed by atoms with E-state index in [9.17, 15) is 12.8 Å². The Balaban J connectivity index is 1.82. The van der Waals surface area contributed by atoms with Gasteiger partial charge in [0, 0.05) is 36.2 Å². The molecule has 29 heavy (non-hydrogen) atoms. The summed E-state index contributed by atoms with van der Waals surface area (Å²) >= 11 is 3.32. The number of sulfone groups is 1. The third-order valence-corrected chi connectivity index (χ3v) is 7.04. The minimum atomic E-state index is -3.90. The van der Waals surface area contributed by atoms with Crippen molar-refractivity contribution in [1.29, 1.82) is 0 Å². The highest BCUT2D eigenvalue weighted by Gasteiger charge is 2.32. The first kappa shape index (κ1) is 20.1. The Hall–Kier alpha value is -2.23. The van der Waals surface area contributed by atoms with Crippen molar-refractivity contribution in [3.8, 4) is 11.5 Å². The fourth-order valence-electron chi connectivity index (χ4n) is 3.12. The molecular formula is C20H19BrFN3O3S. The third kappa shape index (κ3) is 4.08. The van der Waals surface area contributed by atoms with Gasteiger partial charge in [-0.25, -0.2) is 12.8 Å². The fourth-order valence-corrected chi connectivity index (χ4v) is 4.71. The largest absolute Gasteiger partial charge is 0.419 e. The topological polar surface area (TPSA) is 66.7 Å². The maximum absolute atomic E-state index is 13.3. The van der Waals surface area contributed by atoms with Crippen LogP contribution in [-0.4, -0.2) is 51.5 Å². The van der Waals surface area contributed by atoms with Gasteiger partial charge in [0.05, 0.1) is 4.90 Å². The summed E-state index contributed by atoms with van der Waals surface area (Å²) in [5, 5.41) is -0.122. The second-order valence-corrected chi connectivity index (χ2v) is 9.66. The number of rotatable bonds is 4. The molecular weight excluding hydrogens is 461 g/mol. The monoisotopic (exact) mass is 479 g/mol. The Morgan fingerprint density at radius 1 is 1.00 bits per heavy atom. The predicted molar refractivity (Wildman–Crippen MR) is 111 cm³/mol. The molecule has 1 fully saturated rings. The SMILES string of the molecule is CN1CCN(c2oc(-c3ccc(F)cc3)nc2S(=O)(=O)c2ccc(Br)cc2)CC1. The lowest BCUT2D eigenvalue weighted by Gasteiger charge is -2.32. The van der Waals surface area contributed by atoms with Gasteiger partial charge in [0.15, 0.2) is 0 Å². The molecule has 3 aromatic rings. The standard InChI is InChI=1S/C20H19BrFN3O3S/c1-24-10-12-25(13-11-24)20-19(29(26,27)17-8-4-15(21)5-9-17)23-18(28-20)14-2-6-16(22)7-3-14/h2-9H,10-13H2,1H3. The van der Waals surface area contributed by atoms with Gasteiger partial charge < -0.3 is 14.2 Å². The first-order valence-corrected chi connectivity index (χ1v) is 11.3. The highest BCUT2D eigenvalue weighted by Crippen LogP contribution is 2.35. The summed E-state index contributed by atoms with van der Waals surface area (Å²) in [6.07, 6.45) is 0. The number of benzene rings is 2. The number of piperazine rings is 1. The van der Waals surface area contributed by atoms with E-state index in [1.54, 1.807) is 12.1 Å². The molecule has 1 aliphatic heterocycles. The Morgan fingerprint density at radius 3 is 2.24 bits per heavy atom. The van der Waals surface area contributed by atoms with Gasteiger partial charge in [0.2, 0.25) is 26.6 Å². The van der Waals surface area contributed by atoms with Gasteiger partial charge in [-0.1, -0.05) is 15.9 Å². The molecule has 1 saturated heterocycles. The van der Waals surface area contributed by atoms with E-state index >= 15 is 0 Å². The molecule has 0 amide bonds. The van der Waals surface area contributed by atoms with Crippen LogP contribution in [-0.2, 0) is 9.84 Å². The molecule has 0 spiro atoms. The summed E-state index contributed by atoms with van der Waals surface area (Å²) in [5.41, 5.74) is 0.513. The van der Waals surface area contributed by atoms with Crippen LogP contribution >= 0.6 is 15.9 Å². The number of anilines is 1. The number of aromatic nitrogens is 1. The van der Waals surface area contributed by atoms with Crippen molar-refractivity contribution < 1.29 is 17.2 Å². The average molecular weight is 480 g/mol. The summed E-state index contributed by atoms with van der Waals surface area (Å²) in [6.45, 7) is 2.81. The third-order valence-electron chi connectivity index (χ3n) is 4.84. The minimum Gasteiger partial charge on any atom is -0.419 e. The van der Waals surface area contributed by atoms with Crippen LogP contribution in [0.15, 0.2) is 67.3 Å². The van der Waals surface area contributed by atoms with E-state index in [0.29, 0.717) is 18.7 Å². The van der Waals surface area contributed by atoms with Crippen LogP contribution in [0.2, 0.25) is 0 Å². The van der Waals surface area contributed by atoms with Crippen molar-refractivity contribution in [3.05, 3.63) is 58.8 Å². The second-order valence-electron chi connectivity index (χ2n) is 6.88. The molecule has 0 N–H and O–H groups in total. The smallest absolute Gasteiger partial charge is 0.236 e. The highest BCUT2D eigenvalue weighted by molar-refractivity contribution is 9.10. The lowest BCUT2D eigenvalue weighted by Crippen LogP contribution is -2.44. The molecule has 0 unspecified atom stereocenters. The Morgan fingerprint density at radius 2 is 1.62 bits per heavy atom. The van der Waals surface area contributed by atoms with Crippen LogP contribution in [0.1, 0.15) is 0 Å². The van der Waals surface area contributed by atoms with Crippen LogP contribution < -0.4 is 4.90 Å². The molecule has 152 valence electrons. The van der Waals surface area contributed by atoms with Gasteiger partial charge in [0.1, 0.15) is 5.82 Å². The number of hydrogen-bond acceptors (Lipinski definition) is 6. The number of oxazole rings is 1. The molecule has 0 bridgehead atoms. The van der Waals surface area contributed by atoms with E-state index in [1.165, 1.54) is 36.4 Å². The maximum atomic E-state index is 13.3. The molecule has 2 heterocycles. The minimum absolute atomic E-state index is 0.122. The number of likely N-dealkylation sites (N-methyl/N-ethyl adjacent to an activating group) is 1. The molecule has 0 radical (unpaired) electrons. The van der Waals surface area contributed by atoms with Crippen molar-refractivity contribution in [2.75, 3.05) is 38.1 Å². The molecule has 4 rings (SSSR count). The van der Waals surface area contributed by atoms with E-state index in [2.05, 4.69) is 25.8 Å². The van der Waals surface area contributed by atoms with Crippen LogP contribution in [0.5, 0.6) is 0 Å². The summed E-state index contributed by atoms with van der Waals surface area (Å²) < 4.78 is 46.7. The van der Waals surface area contributed by atoms with Gasteiger partial charge >= 0.3 is 0 Å². The maximum Gasteiger partial charge on any atom is 0.236 e. The van der Waals surface area contributed by atoms with Crippen molar-refractivity contribution >= 4 is 31.7 Å². The number of hydrogen-bond donors (Lipinski definition) is 0. The van der Waals surface area contributed by atoms with Crippen molar-refractivity contribution in [2.45, 2.75) is 9.92 Å². The van der Waals surface area contributed by atoms with E-state index in [1.807, 2.05) is 11.9 Å². The predicted octanol–water partition coefficient (Wildman–Crippen LogP) is 3.83. The first-order valence-electron chi connectivity index (χ1n) is 9.05. The van der Waals surface area contributed by atoms with Gasteiger partial charge in [0.25, 0.3) is 0 Å². The van der Waals surface area contributed by atoms with Crippen LogP contribution in [0, 0.1) is 5.82 Å². The van der Waals surface area contributed by atoms with E-state index in [-0.39, 0.29) is 27.5 Å². The normalized spacial score (nSPS) is 15.6. The molecule has 6 nitrogen and oxygen atoms in total. The Kier molecular flexibility index (Phi) is 5.46. The van der Waals surface area contributed by atoms with Crippen molar-refractivity contribution in [2.24, 2.45) is 0 Å². The highest BCUT2D eigenvalue weighted by atomic mass is 79.9. The molecule has 1 aromatic heterocycles. The zero-order chi connectivity index (χ0) is 20.6. The van der Waals surface area contributed by atoms with Gasteiger partial charge in [-0.15, -0.1) is 0 Å². The number of nitrogens with zero attached hydrogens (tertiary/aromatic N) is 3. The van der Waals surface area contributed by atoms with E-state index in [4.69, 9.17) is 4.42 Å². The average Bonchev–Trinajstić information content (AvgIpc) is 3.16. The van der Waals surface area contributed by atoms with Gasteiger partial charge in [-0.05, 0) is 55.6 Å². The molecule has 2 aromatic carbocycles. The van der Waals surface area contributed by atoms with Gasteiger partial charge in [-0.3, -0.25) is 0 Å². The molecule has 0 atom stereocenters. The summed E-state index contributed by atoms with van der Waals surface area (Å²) in [6, 6.07) is 12.0. The van der Waals surface area contributed by atoms with Crippen molar-refractivity contribution in [1.82, 2.24) is 9.88 Å². The first-order chi connectivity index (χ1) is 13.8. The Labute approximate surface area is 177 Å².